The summed E-state index contributed by atoms with van der Waals surface area (Å²) in [5.74, 6) is 0.0200. The van der Waals surface area contributed by atoms with E-state index in [1.54, 1.807) is 48.5 Å². The van der Waals surface area contributed by atoms with Crippen LogP contribution in [0.15, 0.2) is 84.9 Å². The van der Waals surface area contributed by atoms with E-state index in [-0.39, 0.29) is 5.75 Å². The highest BCUT2D eigenvalue weighted by molar-refractivity contribution is 7.66. The first-order valence-electron chi connectivity index (χ1n) is 7.31. The summed E-state index contributed by atoms with van der Waals surface area (Å²) in [7, 11) is -3.79. The molecule has 3 aromatic carbocycles. The van der Waals surface area contributed by atoms with Crippen molar-refractivity contribution in [3.8, 4) is 5.75 Å². The maximum atomic E-state index is 13.3. The van der Waals surface area contributed by atoms with Gasteiger partial charge in [-0.3, -0.25) is 4.57 Å². The minimum Gasteiger partial charge on any atom is -0.508 e. The number of phenols is 1. The van der Waals surface area contributed by atoms with E-state index in [2.05, 4.69) is 0 Å². The molecule has 4 heteroatoms. The van der Waals surface area contributed by atoms with Crippen molar-refractivity contribution in [3.63, 3.8) is 0 Å². The van der Waals surface area contributed by atoms with Crippen molar-refractivity contribution < 1.29 is 14.6 Å². The quantitative estimate of drug-likeness (QED) is 0.711. The molecule has 0 fully saturated rings. The minimum atomic E-state index is -3.79. The summed E-state index contributed by atoms with van der Waals surface area (Å²) >= 11 is 0. The Kier molecular flexibility index (Phi) is 4.33. The molecule has 0 saturated carbocycles. The largest absolute Gasteiger partial charge is 0.508 e. The van der Waals surface area contributed by atoms with Crippen LogP contribution in [0, 0.1) is 0 Å². The SMILES string of the molecule is O=P(O)(c1ccccc1)[C@H](c1ccccc1)c1ccccc1O. The van der Waals surface area contributed by atoms with E-state index in [1.807, 2.05) is 30.3 Å². The topological polar surface area (TPSA) is 57.5 Å². The number of aromatic hydroxyl groups is 1. The first-order chi connectivity index (χ1) is 11.1. The van der Waals surface area contributed by atoms with Gasteiger partial charge >= 0.3 is 0 Å². The third-order valence-corrected chi connectivity index (χ3v) is 6.14. The van der Waals surface area contributed by atoms with Crippen LogP contribution in [0.25, 0.3) is 0 Å². The Morgan fingerprint density at radius 1 is 0.739 bits per heavy atom. The average Bonchev–Trinajstić information content (AvgIpc) is 2.58. The lowest BCUT2D eigenvalue weighted by Crippen LogP contribution is -2.12. The van der Waals surface area contributed by atoms with Crippen molar-refractivity contribution >= 4 is 12.7 Å². The molecule has 1 unspecified atom stereocenters. The third kappa shape index (κ3) is 3.07. The van der Waals surface area contributed by atoms with Crippen LogP contribution in [0.4, 0.5) is 0 Å². The highest BCUT2D eigenvalue weighted by Crippen LogP contribution is 2.59. The molecule has 0 heterocycles. The molecular formula is C19H17O3P. The number of benzene rings is 3. The van der Waals surface area contributed by atoms with Crippen LogP contribution in [-0.2, 0) is 4.57 Å². The fourth-order valence-corrected chi connectivity index (χ4v) is 4.78. The van der Waals surface area contributed by atoms with E-state index in [1.165, 1.54) is 6.07 Å². The molecule has 0 amide bonds. The number of phenolic OH excluding ortho intramolecular Hbond substituents is 1. The van der Waals surface area contributed by atoms with Gasteiger partial charge in [0.1, 0.15) is 5.75 Å². The zero-order valence-electron chi connectivity index (χ0n) is 12.4. The summed E-state index contributed by atoms with van der Waals surface area (Å²) in [5.41, 5.74) is 0.337. The Hall–Kier alpha value is -2.35. The molecular weight excluding hydrogens is 307 g/mol. The fourth-order valence-electron chi connectivity index (χ4n) is 2.71. The van der Waals surface area contributed by atoms with Crippen LogP contribution in [0.2, 0.25) is 0 Å². The van der Waals surface area contributed by atoms with Gasteiger partial charge in [0.05, 0.1) is 5.66 Å². The zero-order chi connectivity index (χ0) is 16.3. The van der Waals surface area contributed by atoms with Gasteiger partial charge in [-0.2, -0.15) is 0 Å². The van der Waals surface area contributed by atoms with Crippen molar-refractivity contribution in [3.05, 3.63) is 96.1 Å². The average molecular weight is 324 g/mol. The van der Waals surface area contributed by atoms with E-state index in [0.717, 1.165) is 0 Å². The number of para-hydroxylation sites is 1. The Morgan fingerprint density at radius 2 is 1.26 bits per heavy atom. The molecule has 0 saturated heterocycles. The summed E-state index contributed by atoms with van der Waals surface area (Å²) in [6, 6.07) is 24.4. The van der Waals surface area contributed by atoms with Gasteiger partial charge in [0.15, 0.2) is 0 Å². The van der Waals surface area contributed by atoms with Crippen molar-refractivity contribution in [2.75, 3.05) is 0 Å². The minimum absolute atomic E-state index is 0.0200. The number of rotatable bonds is 4. The molecule has 2 N–H and O–H groups in total. The van der Waals surface area contributed by atoms with Crippen molar-refractivity contribution in [1.29, 1.82) is 0 Å². The lowest BCUT2D eigenvalue weighted by atomic mass is 10.0. The summed E-state index contributed by atoms with van der Waals surface area (Å²) in [4.78, 5) is 10.9. The van der Waals surface area contributed by atoms with Gasteiger partial charge in [0.25, 0.3) is 0 Å². The summed E-state index contributed by atoms with van der Waals surface area (Å²) in [5, 5.41) is 10.6. The molecule has 3 nitrogen and oxygen atoms in total. The Balaban J connectivity index is 2.21. The maximum absolute atomic E-state index is 13.3. The van der Waals surface area contributed by atoms with Gasteiger partial charge < -0.3 is 10.00 Å². The second kappa shape index (κ2) is 6.41. The smallest absolute Gasteiger partial charge is 0.241 e. The molecule has 23 heavy (non-hydrogen) atoms. The van der Waals surface area contributed by atoms with Crippen LogP contribution in [0.5, 0.6) is 5.75 Å². The molecule has 3 rings (SSSR count). The predicted octanol–water partition coefficient (Wildman–Crippen LogP) is 4.08. The van der Waals surface area contributed by atoms with Gasteiger partial charge in [0, 0.05) is 10.9 Å². The van der Waals surface area contributed by atoms with Gasteiger partial charge in [0.2, 0.25) is 7.37 Å². The maximum Gasteiger partial charge on any atom is 0.241 e. The normalized spacial score (nSPS) is 14.8. The zero-order valence-corrected chi connectivity index (χ0v) is 13.3. The van der Waals surface area contributed by atoms with Crippen LogP contribution >= 0.6 is 7.37 Å². The van der Waals surface area contributed by atoms with Gasteiger partial charge in [-0.1, -0.05) is 66.7 Å². The molecule has 116 valence electrons. The van der Waals surface area contributed by atoms with Gasteiger partial charge in [-0.25, -0.2) is 0 Å². The van der Waals surface area contributed by atoms with Crippen LogP contribution in [0.1, 0.15) is 16.8 Å². The standard InChI is InChI=1S/C19H17O3P/c20-18-14-8-7-13-17(18)19(15-9-3-1-4-10-15)23(21,22)16-11-5-2-6-12-16/h1-14,19-20H,(H,21,22)/t19-/m1/s1. The number of hydrogen-bond donors (Lipinski definition) is 2. The molecule has 2 atom stereocenters. The first kappa shape index (κ1) is 15.5. The van der Waals surface area contributed by atoms with E-state index in [4.69, 9.17) is 0 Å². The van der Waals surface area contributed by atoms with Crippen molar-refractivity contribution in [2.45, 2.75) is 5.66 Å². The molecule has 0 aliphatic heterocycles. The fraction of sp³-hybridized carbons (Fsp3) is 0.0526. The highest BCUT2D eigenvalue weighted by atomic mass is 31.2. The Morgan fingerprint density at radius 3 is 1.87 bits per heavy atom. The Bertz CT molecular complexity index is 832. The molecule has 0 aliphatic rings. The van der Waals surface area contributed by atoms with E-state index in [0.29, 0.717) is 16.4 Å². The van der Waals surface area contributed by atoms with Crippen LogP contribution in [0.3, 0.4) is 0 Å². The second-order valence-corrected chi connectivity index (χ2v) is 7.61. The molecule has 3 aromatic rings. The summed E-state index contributed by atoms with van der Waals surface area (Å²) in [6.45, 7) is 0. The molecule has 0 bridgehead atoms. The van der Waals surface area contributed by atoms with Crippen molar-refractivity contribution in [1.82, 2.24) is 0 Å². The summed E-state index contributed by atoms with van der Waals surface area (Å²) in [6.07, 6.45) is 0. The van der Waals surface area contributed by atoms with Gasteiger partial charge in [-0.05, 0) is 23.8 Å². The molecule has 0 spiro atoms. The highest BCUT2D eigenvalue weighted by Gasteiger charge is 2.36. The van der Waals surface area contributed by atoms with Gasteiger partial charge in [-0.15, -0.1) is 0 Å². The first-order valence-corrected chi connectivity index (χ1v) is 9.04. The lowest BCUT2D eigenvalue weighted by molar-refractivity contribution is 0.459. The second-order valence-electron chi connectivity index (χ2n) is 5.33. The third-order valence-electron chi connectivity index (χ3n) is 3.82. The lowest BCUT2D eigenvalue weighted by Gasteiger charge is -2.25. The van der Waals surface area contributed by atoms with Crippen molar-refractivity contribution in [2.24, 2.45) is 0 Å². The molecule has 0 aliphatic carbocycles. The molecule has 0 aromatic heterocycles. The van der Waals surface area contributed by atoms with E-state index >= 15 is 0 Å². The Labute approximate surface area is 135 Å². The van der Waals surface area contributed by atoms with Crippen LogP contribution < -0.4 is 5.30 Å². The predicted molar refractivity (Wildman–Crippen MR) is 92.3 cm³/mol. The van der Waals surface area contributed by atoms with E-state index < -0.39 is 13.0 Å². The monoisotopic (exact) mass is 324 g/mol. The summed E-state index contributed by atoms with van der Waals surface area (Å²) < 4.78 is 13.3. The number of hydrogen-bond acceptors (Lipinski definition) is 2. The van der Waals surface area contributed by atoms with E-state index in [9.17, 15) is 14.6 Å². The molecule has 0 radical (unpaired) electrons. The van der Waals surface area contributed by atoms with Crippen LogP contribution in [-0.4, -0.2) is 10.00 Å².